The van der Waals surface area contributed by atoms with Crippen LogP contribution < -0.4 is 15.2 Å². The molecule has 2 aromatic carbocycles. The molecule has 6 nitrogen and oxygen atoms in total. The molecule has 6 heteroatoms. The van der Waals surface area contributed by atoms with Gasteiger partial charge in [-0.3, -0.25) is 9.59 Å². The van der Waals surface area contributed by atoms with Crippen molar-refractivity contribution in [1.29, 1.82) is 0 Å². The molecule has 2 N–H and O–H groups in total. The molecule has 0 aromatic heterocycles. The van der Waals surface area contributed by atoms with Crippen LogP contribution in [0.5, 0.6) is 11.5 Å². The van der Waals surface area contributed by atoms with Crippen molar-refractivity contribution in [2.75, 3.05) is 21.3 Å². The Morgan fingerprint density at radius 3 is 2.24 bits per heavy atom. The van der Waals surface area contributed by atoms with Crippen molar-refractivity contribution >= 4 is 11.8 Å². The van der Waals surface area contributed by atoms with Crippen LogP contribution in [0, 0.1) is 6.92 Å². The van der Waals surface area contributed by atoms with E-state index in [0.29, 0.717) is 29.2 Å². The Bertz CT molecular complexity index is 802. The zero-order valence-corrected chi connectivity index (χ0v) is 14.8. The van der Waals surface area contributed by atoms with Gasteiger partial charge in [0.05, 0.1) is 14.2 Å². The first-order chi connectivity index (χ1) is 11.9. The monoisotopic (exact) mass is 342 g/mol. The predicted molar refractivity (Wildman–Crippen MR) is 95.0 cm³/mol. The van der Waals surface area contributed by atoms with Crippen LogP contribution in [0.25, 0.3) is 0 Å². The summed E-state index contributed by atoms with van der Waals surface area (Å²) in [5.41, 5.74) is 7.93. The highest BCUT2D eigenvalue weighted by Crippen LogP contribution is 2.30. The van der Waals surface area contributed by atoms with Gasteiger partial charge in [-0.25, -0.2) is 0 Å². The molecule has 2 rings (SSSR count). The summed E-state index contributed by atoms with van der Waals surface area (Å²) in [7, 11) is 4.86. The van der Waals surface area contributed by atoms with E-state index >= 15 is 0 Å². The summed E-state index contributed by atoms with van der Waals surface area (Å²) >= 11 is 0. The highest BCUT2D eigenvalue weighted by Gasteiger charge is 2.16. The maximum atomic E-state index is 12.6. The van der Waals surface area contributed by atoms with Gasteiger partial charge in [-0.15, -0.1) is 0 Å². The van der Waals surface area contributed by atoms with E-state index in [2.05, 4.69) is 0 Å². The van der Waals surface area contributed by atoms with E-state index in [1.165, 1.54) is 6.07 Å². The van der Waals surface area contributed by atoms with Gasteiger partial charge in [-0.05, 0) is 48.4 Å². The largest absolute Gasteiger partial charge is 0.493 e. The topological polar surface area (TPSA) is 81.9 Å². The molecule has 2 aromatic rings. The first kappa shape index (κ1) is 18.3. The Kier molecular flexibility index (Phi) is 5.64. The van der Waals surface area contributed by atoms with Crippen LogP contribution in [0.2, 0.25) is 0 Å². The summed E-state index contributed by atoms with van der Waals surface area (Å²) in [4.78, 5) is 25.5. The molecule has 0 saturated heterocycles. The lowest BCUT2D eigenvalue weighted by molar-refractivity contribution is 0.0785. The zero-order chi connectivity index (χ0) is 18.6. The molecule has 0 spiro atoms. The number of ether oxygens (including phenoxy) is 2. The minimum Gasteiger partial charge on any atom is -0.493 e. The number of primary amides is 1. The molecule has 25 heavy (non-hydrogen) atoms. The van der Waals surface area contributed by atoms with Crippen LogP contribution in [-0.2, 0) is 6.54 Å². The molecule has 0 saturated carbocycles. The van der Waals surface area contributed by atoms with Gasteiger partial charge in [0.2, 0.25) is 5.91 Å². The van der Waals surface area contributed by atoms with Crippen LogP contribution >= 0.6 is 0 Å². The van der Waals surface area contributed by atoms with Gasteiger partial charge in [-0.1, -0.05) is 6.07 Å². The molecular weight excluding hydrogens is 320 g/mol. The van der Waals surface area contributed by atoms with Crippen molar-refractivity contribution in [1.82, 2.24) is 4.90 Å². The average molecular weight is 342 g/mol. The summed E-state index contributed by atoms with van der Waals surface area (Å²) in [6, 6.07) is 10.1. The molecule has 2 amide bonds. The van der Waals surface area contributed by atoms with Gasteiger partial charge in [0.15, 0.2) is 11.5 Å². The van der Waals surface area contributed by atoms with Crippen LogP contribution in [-0.4, -0.2) is 38.0 Å². The Hall–Kier alpha value is -3.02. The van der Waals surface area contributed by atoms with Crippen molar-refractivity contribution in [3.63, 3.8) is 0 Å². The number of carbonyl (C=O) groups excluding carboxylic acids is 2. The third-order valence-electron chi connectivity index (χ3n) is 3.99. The van der Waals surface area contributed by atoms with Crippen LogP contribution in [0.3, 0.4) is 0 Å². The number of hydrogen-bond acceptors (Lipinski definition) is 4. The lowest BCUT2D eigenvalue weighted by atomic mass is 10.1. The smallest absolute Gasteiger partial charge is 0.253 e. The van der Waals surface area contributed by atoms with Crippen LogP contribution in [0.15, 0.2) is 36.4 Å². The molecular formula is C19H22N2O4. The third-order valence-corrected chi connectivity index (χ3v) is 3.99. The fourth-order valence-electron chi connectivity index (χ4n) is 2.55. The quantitative estimate of drug-likeness (QED) is 0.874. The first-order valence-corrected chi connectivity index (χ1v) is 7.74. The average Bonchev–Trinajstić information content (AvgIpc) is 2.62. The number of benzene rings is 2. The molecule has 0 fully saturated rings. The number of rotatable bonds is 6. The SMILES string of the molecule is COc1cc(C)c(CN(C)C(=O)c2cccc(C(N)=O)c2)cc1OC. The molecule has 0 atom stereocenters. The van der Waals surface area contributed by atoms with Crippen LogP contribution in [0.1, 0.15) is 31.8 Å². The Morgan fingerprint density at radius 1 is 1.04 bits per heavy atom. The van der Waals surface area contributed by atoms with Gasteiger partial charge in [0, 0.05) is 24.7 Å². The second kappa shape index (κ2) is 7.70. The molecule has 0 radical (unpaired) electrons. The number of hydrogen-bond donors (Lipinski definition) is 1. The molecule has 0 aliphatic carbocycles. The second-order valence-corrected chi connectivity index (χ2v) is 5.74. The first-order valence-electron chi connectivity index (χ1n) is 7.74. The maximum Gasteiger partial charge on any atom is 0.253 e. The Morgan fingerprint density at radius 2 is 1.64 bits per heavy atom. The van der Waals surface area contributed by atoms with Gasteiger partial charge in [0.25, 0.3) is 5.91 Å². The van der Waals surface area contributed by atoms with E-state index in [1.54, 1.807) is 44.4 Å². The van der Waals surface area contributed by atoms with Crippen molar-refractivity contribution in [3.05, 3.63) is 58.7 Å². The van der Waals surface area contributed by atoms with Gasteiger partial charge in [-0.2, -0.15) is 0 Å². The molecule has 0 aliphatic heterocycles. The zero-order valence-electron chi connectivity index (χ0n) is 14.8. The minimum atomic E-state index is -0.562. The van der Waals surface area contributed by atoms with Crippen molar-refractivity contribution in [2.45, 2.75) is 13.5 Å². The van der Waals surface area contributed by atoms with E-state index in [4.69, 9.17) is 15.2 Å². The number of nitrogens with zero attached hydrogens (tertiary/aromatic N) is 1. The fourth-order valence-corrected chi connectivity index (χ4v) is 2.55. The Balaban J connectivity index is 2.24. The lowest BCUT2D eigenvalue weighted by Gasteiger charge is -2.20. The number of methoxy groups -OCH3 is 2. The number of amides is 2. The molecule has 0 heterocycles. The minimum absolute atomic E-state index is 0.197. The van der Waals surface area contributed by atoms with E-state index in [1.807, 2.05) is 19.1 Å². The van der Waals surface area contributed by atoms with E-state index in [9.17, 15) is 9.59 Å². The maximum absolute atomic E-state index is 12.6. The molecule has 0 bridgehead atoms. The predicted octanol–water partition coefficient (Wildman–Crippen LogP) is 2.38. The summed E-state index contributed by atoms with van der Waals surface area (Å²) in [6.07, 6.45) is 0. The van der Waals surface area contributed by atoms with Crippen LogP contribution in [0.4, 0.5) is 0 Å². The number of nitrogens with two attached hydrogens (primary N) is 1. The van der Waals surface area contributed by atoms with Gasteiger partial charge >= 0.3 is 0 Å². The highest BCUT2D eigenvalue weighted by atomic mass is 16.5. The summed E-state index contributed by atoms with van der Waals surface area (Å²) in [5.74, 6) is 0.497. The Labute approximate surface area is 147 Å². The molecule has 0 aliphatic rings. The summed E-state index contributed by atoms with van der Waals surface area (Å²) in [5, 5.41) is 0. The van der Waals surface area contributed by atoms with E-state index in [-0.39, 0.29) is 5.91 Å². The number of aryl methyl sites for hydroxylation is 1. The normalized spacial score (nSPS) is 10.2. The third kappa shape index (κ3) is 4.09. The second-order valence-electron chi connectivity index (χ2n) is 5.74. The van der Waals surface area contributed by atoms with Gasteiger partial charge < -0.3 is 20.1 Å². The van der Waals surface area contributed by atoms with Crippen molar-refractivity contribution < 1.29 is 19.1 Å². The fraction of sp³-hybridized carbons (Fsp3) is 0.263. The van der Waals surface area contributed by atoms with E-state index < -0.39 is 5.91 Å². The highest BCUT2D eigenvalue weighted by molar-refractivity contribution is 5.99. The standard InChI is InChI=1S/C19H22N2O4/c1-12-8-16(24-3)17(25-4)10-15(12)11-21(2)19(23)14-7-5-6-13(9-14)18(20)22/h5-10H,11H2,1-4H3,(H2,20,22). The van der Waals surface area contributed by atoms with Crippen molar-refractivity contribution in [2.24, 2.45) is 5.73 Å². The summed E-state index contributed by atoms with van der Waals surface area (Å²) < 4.78 is 10.6. The summed E-state index contributed by atoms with van der Waals surface area (Å²) in [6.45, 7) is 2.34. The molecule has 132 valence electrons. The van der Waals surface area contributed by atoms with Gasteiger partial charge in [0.1, 0.15) is 0 Å². The lowest BCUT2D eigenvalue weighted by Crippen LogP contribution is -2.27. The van der Waals surface area contributed by atoms with E-state index in [0.717, 1.165) is 11.1 Å². The van der Waals surface area contributed by atoms with Crippen molar-refractivity contribution in [3.8, 4) is 11.5 Å². The number of carbonyl (C=O) groups is 2. The molecule has 0 unspecified atom stereocenters.